The summed E-state index contributed by atoms with van der Waals surface area (Å²) < 4.78 is 5.82. The van der Waals surface area contributed by atoms with E-state index in [4.69, 9.17) is 9.94 Å². The van der Waals surface area contributed by atoms with Gasteiger partial charge in [0.2, 0.25) is 0 Å². The Morgan fingerprint density at radius 2 is 1.95 bits per heavy atom. The minimum Gasteiger partial charge on any atom is -0.508 e. The number of unbranched alkanes of at least 4 members (excludes halogenated alkanes) is 4. The molecule has 1 aliphatic rings. The number of ether oxygens (including phenoxy) is 1. The molecule has 1 unspecified atom stereocenters. The molecule has 0 saturated heterocycles. The van der Waals surface area contributed by atoms with Crippen LogP contribution in [0.25, 0.3) is 0 Å². The van der Waals surface area contributed by atoms with Crippen molar-refractivity contribution in [3.63, 3.8) is 0 Å². The van der Waals surface area contributed by atoms with E-state index >= 15 is 0 Å². The first-order valence-electron chi connectivity index (χ1n) is 7.59. The van der Waals surface area contributed by atoms with Crippen molar-refractivity contribution < 1.29 is 20.2 Å². The zero-order valence-electron chi connectivity index (χ0n) is 12.4. The number of benzene rings is 1. The Kier molecular flexibility index (Phi) is 5.31. The Labute approximate surface area is 124 Å². The molecule has 1 aliphatic heterocycles. The highest BCUT2D eigenvalue weighted by molar-refractivity contribution is 6.06. The zero-order chi connectivity index (χ0) is 15.2. The molecule has 0 fully saturated rings. The van der Waals surface area contributed by atoms with Crippen LogP contribution in [-0.4, -0.2) is 27.2 Å². The van der Waals surface area contributed by atoms with Gasteiger partial charge in [0, 0.05) is 18.6 Å². The van der Waals surface area contributed by atoms with E-state index in [0.29, 0.717) is 23.4 Å². The van der Waals surface area contributed by atoms with E-state index in [1.165, 1.54) is 31.4 Å². The standard InChI is InChI=1S/C16H23NO4/c1-2-3-4-5-6-7-12-10-13(17-20)16-14(19)8-11(18)9-15(16)21-12/h8-9,12,18-20H,2-7,10H2,1H3/b17-13+. The van der Waals surface area contributed by atoms with Gasteiger partial charge in [-0.05, 0) is 12.8 Å². The number of oxime groups is 1. The van der Waals surface area contributed by atoms with Gasteiger partial charge in [-0.2, -0.15) is 0 Å². The van der Waals surface area contributed by atoms with Crippen LogP contribution in [0.1, 0.15) is 57.4 Å². The van der Waals surface area contributed by atoms with Gasteiger partial charge in [-0.15, -0.1) is 0 Å². The van der Waals surface area contributed by atoms with Crippen LogP contribution in [0.5, 0.6) is 17.2 Å². The van der Waals surface area contributed by atoms with Crippen molar-refractivity contribution in [2.75, 3.05) is 0 Å². The van der Waals surface area contributed by atoms with Crippen LogP contribution in [-0.2, 0) is 0 Å². The van der Waals surface area contributed by atoms with Gasteiger partial charge in [0.1, 0.15) is 23.4 Å². The molecule has 0 aromatic heterocycles. The largest absolute Gasteiger partial charge is 0.508 e. The fraction of sp³-hybridized carbons (Fsp3) is 0.562. The van der Waals surface area contributed by atoms with Crippen molar-refractivity contribution in [2.24, 2.45) is 5.16 Å². The Hall–Kier alpha value is -1.91. The minimum atomic E-state index is -0.126. The zero-order valence-corrected chi connectivity index (χ0v) is 12.4. The van der Waals surface area contributed by atoms with Gasteiger partial charge in [0.15, 0.2) is 0 Å². The third-order valence-electron chi connectivity index (χ3n) is 3.82. The molecule has 5 heteroatoms. The van der Waals surface area contributed by atoms with Gasteiger partial charge in [-0.25, -0.2) is 0 Å². The van der Waals surface area contributed by atoms with Gasteiger partial charge in [-0.3, -0.25) is 0 Å². The summed E-state index contributed by atoms with van der Waals surface area (Å²) in [7, 11) is 0. The predicted molar refractivity (Wildman–Crippen MR) is 80.5 cm³/mol. The van der Waals surface area contributed by atoms with Gasteiger partial charge < -0.3 is 20.2 Å². The smallest absolute Gasteiger partial charge is 0.136 e. The van der Waals surface area contributed by atoms with E-state index in [-0.39, 0.29) is 17.6 Å². The highest BCUT2D eigenvalue weighted by Crippen LogP contribution is 2.38. The van der Waals surface area contributed by atoms with Gasteiger partial charge in [-0.1, -0.05) is 37.8 Å². The Morgan fingerprint density at radius 1 is 1.19 bits per heavy atom. The lowest BCUT2D eigenvalue weighted by Crippen LogP contribution is -2.27. The lowest BCUT2D eigenvalue weighted by Gasteiger charge is -2.27. The number of rotatable bonds is 6. The number of phenolic OH excluding ortho intramolecular Hbond substituents is 2. The molecule has 1 heterocycles. The Morgan fingerprint density at radius 3 is 2.67 bits per heavy atom. The average Bonchev–Trinajstić information content (AvgIpc) is 2.45. The first-order valence-corrected chi connectivity index (χ1v) is 7.59. The molecule has 0 spiro atoms. The molecule has 0 radical (unpaired) electrons. The van der Waals surface area contributed by atoms with Crippen molar-refractivity contribution in [1.29, 1.82) is 0 Å². The summed E-state index contributed by atoms with van der Waals surface area (Å²) in [5.74, 6) is 0.191. The summed E-state index contributed by atoms with van der Waals surface area (Å²) in [5.41, 5.74) is 0.782. The molecule has 5 nitrogen and oxygen atoms in total. The Balaban J connectivity index is 2.03. The number of aromatic hydroxyl groups is 2. The molecule has 0 saturated carbocycles. The van der Waals surface area contributed by atoms with Crippen LogP contribution < -0.4 is 4.74 Å². The molecule has 116 valence electrons. The molecular weight excluding hydrogens is 270 g/mol. The minimum absolute atomic E-state index is 0.0628. The van der Waals surface area contributed by atoms with E-state index < -0.39 is 0 Å². The maximum absolute atomic E-state index is 9.87. The summed E-state index contributed by atoms with van der Waals surface area (Å²) in [4.78, 5) is 0. The lowest BCUT2D eigenvalue weighted by atomic mass is 9.95. The van der Waals surface area contributed by atoms with Crippen molar-refractivity contribution >= 4 is 5.71 Å². The lowest BCUT2D eigenvalue weighted by molar-refractivity contribution is 0.183. The second-order valence-electron chi connectivity index (χ2n) is 5.53. The fourth-order valence-electron chi connectivity index (χ4n) is 2.74. The van der Waals surface area contributed by atoms with Crippen LogP contribution >= 0.6 is 0 Å². The summed E-state index contributed by atoms with van der Waals surface area (Å²) in [5, 5.41) is 31.8. The highest BCUT2D eigenvalue weighted by atomic mass is 16.5. The van der Waals surface area contributed by atoms with Crippen LogP contribution in [0.2, 0.25) is 0 Å². The SMILES string of the molecule is CCCCCCCC1C/C(=N\O)c2c(O)cc(O)cc2O1. The van der Waals surface area contributed by atoms with Crippen LogP contribution in [0.4, 0.5) is 0 Å². The molecular formula is C16H23NO4. The predicted octanol–water partition coefficient (Wildman–Crippen LogP) is 3.79. The first kappa shape index (κ1) is 15.5. The fourth-order valence-corrected chi connectivity index (χ4v) is 2.74. The molecule has 3 N–H and O–H groups in total. The van der Waals surface area contributed by atoms with E-state index in [2.05, 4.69) is 12.1 Å². The molecule has 1 atom stereocenters. The molecule has 0 aliphatic carbocycles. The van der Waals surface area contributed by atoms with Crippen LogP contribution in [0.15, 0.2) is 17.3 Å². The normalized spacial score (nSPS) is 19.3. The van der Waals surface area contributed by atoms with Crippen LogP contribution in [0.3, 0.4) is 0 Å². The highest BCUT2D eigenvalue weighted by Gasteiger charge is 2.28. The summed E-state index contributed by atoms with van der Waals surface area (Å²) in [6, 6.07) is 2.67. The third-order valence-corrected chi connectivity index (χ3v) is 3.82. The maximum Gasteiger partial charge on any atom is 0.136 e. The maximum atomic E-state index is 9.87. The summed E-state index contributed by atoms with van der Waals surface area (Å²) >= 11 is 0. The second-order valence-corrected chi connectivity index (χ2v) is 5.53. The van der Waals surface area contributed by atoms with E-state index in [0.717, 1.165) is 19.3 Å². The van der Waals surface area contributed by atoms with Crippen LogP contribution in [0, 0.1) is 0 Å². The van der Waals surface area contributed by atoms with E-state index in [1.54, 1.807) is 0 Å². The third kappa shape index (κ3) is 3.80. The van der Waals surface area contributed by atoms with E-state index in [9.17, 15) is 10.2 Å². The van der Waals surface area contributed by atoms with Crippen molar-refractivity contribution in [2.45, 2.75) is 58.0 Å². The quantitative estimate of drug-likeness (QED) is 0.423. The number of fused-ring (bicyclic) bond motifs is 1. The number of hydrogen-bond acceptors (Lipinski definition) is 5. The number of hydrogen-bond donors (Lipinski definition) is 3. The molecule has 1 aromatic carbocycles. The molecule has 2 rings (SSSR count). The average molecular weight is 293 g/mol. The Bertz CT molecular complexity index is 513. The number of phenols is 2. The molecule has 0 amide bonds. The number of nitrogens with zero attached hydrogens (tertiary/aromatic N) is 1. The summed E-state index contributed by atoms with van der Waals surface area (Å²) in [6.45, 7) is 2.18. The molecule has 1 aromatic rings. The van der Waals surface area contributed by atoms with Crippen molar-refractivity contribution in [1.82, 2.24) is 0 Å². The van der Waals surface area contributed by atoms with Gasteiger partial charge >= 0.3 is 0 Å². The van der Waals surface area contributed by atoms with Crippen molar-refractivity contribution in [3.8, 4) is 17.2 Å². The monoisotopic (exact) mass is 293 g/mol. The van der Waals surface area contributed by atoms with Gasteiger partial charge in [0.05, 0.1) is 11.3 Å². The van der Waals surface area contributed by atoms with Gasteiger partial charge in [0.25, 0.3) is 0 Å². The molecule has 21 heavy (non-hydrogen) atoms. The topological polar surface area (TPSA) is 82.3 Å². The first-order chi connectivity index (χ1) is 10.2. The summed E-state index contributed by atoms with van der Waals surface area (Å²) in [6.07, 6.45) is 7.18. The van der Waals surface area contributed by atoms with E-state index in [1.807, 2.05) is 0 Å². The second kappa shape index (κ2) is 7.20. The van der Waals surface area contributed by atoms with Crippen molar-refractivity contribution in [3.05, 3.63) is 17.7 Å². The molecule has 0 bridgehead atoms.